The molecule has 150 valence electrons. The van der Waals surface area contributed by atoms with Gasteiger partial charge in [0.1, 0.15) is 6.10 Å². The van der Waals surface area contributed by atoms with E-state index in [0.717, 1.165) is 11.1 Å². The van der Waals surface area contributed by atoms with Gasteiger partial charge in [-0.1, -0.05) is 30.7 Å². The molecule has 4 rings (SSSR count). The second kappa shape index (κ2) is 5.53. The molecule has 4 aliphatic rings. The topological polar surface area (TPSA) is 121 Å². The van der Waals surface area contributed by atoms with Crippen molar-refractivity contribution in [2.45, 2.75) is 76.2 Å². The van der Waals surface area contributed by atoms with Crippen molar-refractivity contribution in [1.29, 1.82) is 0 Å². The van der Waals surface area contributed by atoms with Crippen LogP contribution in [0.3, 0.4) is 0 Å². The van der Waals surface area contributed by atoms with Crippen molar-refractivity contribution < 1.29 is 30.6 Å². The second-order valence-corrected chi connectivity index (χ2v) is 9.31. The third kappa shape index (κ3) is 2.06. The summed E-state index contributed by atoms with van der Waals surface area (Å²) >= 11 is 0. The number of hydrogen-bond acceptors (Lipinski definition) is 6. The van der Waals surface area contributed by atoms with Gasteiger partial charge in [0.05, 0.1) is 23.2 Å². The molecule has 0 aromatic carbocycles. The molecule has 4 aliphatic carbocycles. The highest BCUT2D eigenvalue weighted by Gasteiger charge is 2.66. The first-order chi connectivity index (χ1) is 12.4. The van der Waals surface area contributed by atoms with E-state index in [-0.39, 0.29) is 12.3 Å². The monoisotopic (exact) mass is 378 g/mol. The quantitative estimate of drug-likeness (QED) is 0.370. The number of aliphatic hydroxyl groups excluding tert-OH is 3. The van der Waals surface area contributed by atoms with Crippen LogP contribution in [0.2, 0.25) is 0 Å². The van der Waals surface area contributed by atoms with Crippen molar-refractivity contribution in [2.75, 3.05) is 0 Å². The summed E-state index contributed by atoms with van der Waals surface area (Å²) in [4.78, 5) is 0. The highest BCUT2D eigenvalue weighted by molar-refractivity contribution is 5.56. The first-order valence-corrected chi connectivity index (χ1v) is 9.75. The summed E-state index contributed by atoms with van der Waals surface area (Å²) in [5.41, 5.74) is -0.659. The summed E-state index contributed by atoms with van der Waals surface area (Å²) in [5.74, 6) is -2.54. The van der Waals surface area contributed by atoms with Crippen molar-refractivity contribution in [2.24, 2.45) is 16.7 Å². The third-order valence-corrected chi connectivity index (χ3v) is 8.27. The smallest absolute Gasteiger partial charge is 0.205 e. The van der Waals surface area contributed by atoms with Gasteiger partial charge in [-0.15, -0.1) is 0 Å². The molecule has 2 saturated carbocycles. The summed E-state index contributed by atoms with van der Waals surface area (Å²) in [7, 11) is 0. The summed E-state index contributed by atoms with van der Waals surface area (Å²) in [6.07, 6.45) is 3.71. The van der Waals surface area contributed by atoms with E-state index in [1.807, 2.05) is 25.2 Å². The van der Waals surface area contributed by atoms with E-state index in [4.69, 9.17) is 0 Å². The van der Waals surface area contributed by atoms with Crippen LogP contribution >= 0.6 is 0 Å². The van der Waals surface area contributed by atoms with Gasteiger partial charge in [-0.3, -0.25) is 0 Å². The molecule has 0 aromatic heterocycles. The van der Waals surface area contributed by atoms with Crippen molar-refractivity contribution in [1.82, 2.24) is 0 Å². The fraction of sp³-hybridized carbons (Fsp3) is 0.714. The summed E-state index contributed by atoms with van der Waals surface area (Å²) in [5, 5.41) is 63.5. The Balaban J connectivity index is 1.86. The predicted molar refractivity (Wildman–Crippen MR) is 98.2 cm³/mol. The zero-order valence-electron chi connectivity index (χ0n) is 16.1. The molecule has 1 unspecified atom stereocenters. The first-order valence-electron chi connectivity index (χ1n) is 9.75. The maximum Gasteiger partial charge on any atom is 0.205 e. The molecule has 7 atom stereocenters. The molecule has 27 heavy (non-hydrogen) atoms. The lowest BCUT2D eigenvalue weighted by atomic mass is 9.52. The fourth-order valence-corrected chi connectivity index (χ4v) is 6.23. The van der Waals surface area contributed by atoms with Gasteiger partial charge in [0.2, 0.25) is 5.79 Å². The molecule has 0 aromatic rings. The minimum Gasteiger partial charge on any atom is -0.390 e. The molecule has 2 fully saturated rings. The summed E-state index contributed by atoms with van der Waals surface area (Å²) < 4.78 is 0. The molecule has 0 heterocycles. The van der Waals surface area contributed by atoms with Gasteiger partial charge < -0.3 is 30.6 Å². The van der Waals surface area contributed by atoms with Crippen molar-refractivity contribution in [3.05, 3.63) is 34.9 Å². The number of allylic oxidation sites excluding steroid dienone is 4. The van der Waals surface area contributed by atoms with E-state index in [0.29, 0.717) is 24.8 Å². The van der Waals surface area contributed by atoms with Crippen LogP contribution in [0.25, 0.3) is 0 Å². The van der Waals surface area contributed by atoms with Gasteiger partial charge in [-0.25, -0.2) is 0 Å². The number of hydrogen-bond donors (Lipinski definition) is 6. The highest BCUT2D eigenvalue weighted by atomic mass is 16.5. The number of fused-ring (bicyclic) bond motifs is 5. The molecule has 6 N–H and O–H groups in total. The maximum atomic E-state index is 11.2. The Morgan fingerprint density at radius 1 is 1.11 bits per heavy atom. The molecule has 0 aliphatic heterocycles. The van der Waals surface area contributed by atoms with Crippen LogP contribution in [0.4, 0.5) is 0 Å². The van der Waals surface area contributed by atoms with Gasteiger partial charge in [-0.05, 0) is 56.6 Å². The Morgan fingerprint density at radius 2 is 1.78 bits per heavy atom. The van der Waals surface area contributed by atoms with Crippen LogP contribution in [0.1, 0.15) is 46.5 Å². The van der Waals surface area contributed by atoms with E-state index >= 15 is 0 Å². The van der Waals surface area contributed by atoms with Gasteiger partial charge in [0, 0.05) is 5.41 Å². The predicted octanol–water partition coefficient (Wildman–Crippen LogP) is 0.524. The van der Waals surface area contributed by atoms with Gasteiger partial charge in [0.15, 0.2) is 0 Å². The van der Waals surface area contributed by atoms with Gasteiger partial charge in [-0.2, -0.15) is 0 Å². The normalized spacial score (nSPS) is 49.2. The maximum absolute atomic E-state index is 11.2. The van der Waals surface area contributed by atoms with E-state index in [2.05, 4.69) is 0 Å². The van der Waals surface area contributed by atoms with Crippen LogP contribution in [0.15, 0.2) is 34.9 Å². The van der Waals surface area contributed by atoms with E-state index in [9.17, 15) is 30.6 Å². The molecule has 0 radical (unpaired) electrons. The third-order valence-electron chi connectivity index (χ3n) is 8.27. The van der Waals surface area contributed by atoms with Crippen LogP contribution < -0.4 is 0 Å². The fourth-order valence-electron chi connectivity index (χ4n) is 6.23. The van der Waals surface area contributed by atoms with Crippen LogP contribution in [-0.4, -0.2) is 60.3 Å². The van der Waals surface area contributed by atoms with Crippen LogP contribution in [0, 0.1) is 16.7 Å². The van der Waals surface area contributed by atoms with Crippen molar-refractivity contribution in [3.63, 3.8) is 0 Å². The standard InChI is InChI=1S/C21H30O6/c1-11(22)20(25)9-7-14-13-5-4-12-10-16(23)17(24)21(26,27)19(12,3)15(13)6-8-18(14,20)2/h4-6,11,14,16-17,22-27H,7-10H2,1-3H3/t11-,14+,16-,17?,18+,19+,20+/m1/s1. The minimum atomic E-state index is -2.51. The Bertz CT molecular complexity index is 765. The average Bonchev–Trinajstić information content (AvgIpc) is 2.88. The average molecular weight is 378 g/mol. The van der Waals surface area contributed by atoms with Crippen molar-refractivity contribution >= 4 is 0 Å². The number of rotatable bonds is 1. The highest BCUT2D eigenvalue weighted by Crippen LogP contribution is 2.65. The first kappa shape index (κ1) is 19.3. The van der Waals surface area contributed by atoms with Crippen LogP contribution in [0.5, 0.6) is 0 Å². The molecule has 6 nitrogen and oxygen atoms in total. The number of aliphatic hydroxyl groups is 6. The Kier molecular flexibility index (Phi) is 3.95. The van der Waals surface area contributed by atoms with E-state index in [1.54, 1.807) is 13.8 Å². The largest absolute Gasteiger partial charge is 0.390 e. The molecular formula is C21H30O6. The second-order valence-electron chi connectivity index (χ2n) is 9.31. The Hall–Kier alpha value is -1.02. The molecule has 0 spiro atoms. The van der Waals surface area contributed by atoms with Gasteiger partial charge >= 0.3 is 0 Å². The van der Waals surface area contributed by atoms with Crippen LogP contribution in [-0.2, 0) is 0 Å². The molecule has 0 amide bonds. The zero-order valence-corrected chi connectivity index (χ0v) is 16.1. The minimum absolute atomic E-state index is 0.0356. The van der Waals surface area contributed by atoms with Crippen molar-refractivity contribution in [3.8, 4) is 0 Å². The molecule has 0 saturated heterocycles. The molecular weight excluding hydrogens is 348 g/mol. The zero-order chi connectivity index (χ0) is 20.0. The lowest BCUT2D eigenvalue weighted by Gasteiger charge is -2.56. The Morgan fingerprint density at radius 3 is 2.41 bits per heavy atom. The van der Waals surface area contributed by atoms with E-state index < -0.39 is 40.5 Å². The summed E-state index contributed by atoms with van der Waals surface area (Å²) in [6, 6.07) is 0. The molecule has 0 bridgehead atoms. The van der Waals surface area contributed by atoms with Gasteiger partial charge in [0.25, 0.3) is 0 Å². The lowest BCUT2D eigenvalue weighted by Crippen LogP contribution is -2.65. The summed E-state index contributed by atoms with van der Waals surface area (Å²) in [6.45, 7) is 5.30. The SMILES string of the molecule is C[C@@H](O)[C@@]1(O)CC[C@H]2C3=CC=C4C[C@@H](O)C(O)C(O)(O)[C@]4(C)C3=CC[C@@]21C. The lowest BCUT2D eigenvalue weighted by molar-refractivity contribution is -0.299. The van der Waals surface area contributed by atoms with E-state index in [1.165, 1.54) is 0 Å². The molecule has 6 heteroatoms. The Labute approximate surface area is 159 Å².